The molecule has 0 bridgehead atoms. The average Bonchev–Trinajstić information content (AvgIpc) is 2.93. The number of halogens is 2. The van der Waals surface area contributed by atoms with E-state index < -0.39 is 16.3 Å². The molecule has 0 saturated carbocycles. The van der Waals surface area contributed by atoms with Crippen molar-refractivity contribution in [1.29, 1.82) is 5.26 Å². The van der Waals surface area contributed by atoms with E-state index in [1.807, 2.05) is 52.0 Å². The molecule has 1 aliphatic heterocycles. The maximum Gasteiger partial charge on any atom is 0.271 e. The number of nitro benzene ring substituents is 1. The average molecular weight is 618 g/mol. The minimum Gasteiger partial charge on any atom is -0.487 e. The lowest BCUT2D eigenvalue weighted by molar-refractivity contribution is -0.384. The highest BCUT2D eigenvalue weighted by Gasteiger charge is 2.45. The van der Waals surface area contributed by atoms with Crippen LogP contribution in [0, 0.1) is 40.7 Å². The van der Waals surface area contributed by atoms with Crippen molar-refractivity contribution in [2.24, 2.45) is 11.1 Å². The summed E-state index contributed by atoms with van der Waals surface area (Å²) < 4.78 is 6.06. The molecular weight excluding hydrogens is 587 g/mol. The topological polar surface area (TPSA) is 122 Å². The second-order valence-electron chi connectivity index (χ2n) is 11.7. The van der Waals surface area contributed by atoms with Crippen LogP contribution in [0.4, 0.5) is 11.4 Å². The highest BCUT2D eigenvalue weighted by atomic mass is 35.5. The number of rotatable bonds is 6. The van der Waals surface area contributed by atoms with E-state index in [0.29, 0.717) is 34.2 Å². The zero-order valence-electron chi connectivity index (χ0n) is 24.2. The number of non-ortho nitro benzene ring substituents is 1. The summed E-state index contributed by atoms with van der Waals surface area (Å²) in [5, 5.41) is 22.5. The van der Waals surface area contributed by atoms with Crippen LogP contribution in [-0.2, 0) is 11.4 Å². The van der Waals surface area contributed by atoms with E-state index in [0.717, 1.165) is 22.3 Å². The van der Waals surface area contributed by atoms with Gasteiger partial charge in [0, 0.05) is 29.8 Å². The lowest BCUT2D eigenvalue weighted by atomic mass is 9.68. The normalized spacial score (nSPS) is 17.9. The summed E-state index contributed by atoms with van der Waals surface area (Å²) in [7, 11) is 0. The molecule has 3 aromatic rings. The van der Waals surface area contributed by atoms with Gasteiger partial charge in [0.05, 0.1) is 38.2 Å². The van der Waals surface area contributed by atoms with E-state index in [2.05, 4.69) is 6.07 Å². The fourth-order valence-corrected chi connectivity index (χ4v) is 6.47. The first-order chi connectivity index (χ1) is 20.3. The van der Waals surface area contributed by atoms with Crippen LogP contribution < -0.4 is 15.4 Å². The summed E-state index contributed by atoms with van der Waals surface area (Å²) in [6.07, 6.45) is 0.765. The molecule has 43 heavy (non-hydrogen) atoms. The van der Waals surface area contributed by atoms with Crippen molar-refractivity contribution < 1.29 is 14.5 Å². The number of benzene rings is 3. The second kappa shape index (κ2) is 11.4. The fraction of sp³-hybridized carbons (Fsp3) is 0.273. The third-order valence-corrected chi connectivity index (χ3v) is 8.61. The zero-order valence-corrected chi connectivity index (χ0v) is 25.7. The van der Waals surface area contributed by atoms with Crippen molar-refractivity contribution in [3.8, 4) is 11.8 Å². The van der Waals surface area contributed by atoms with E-state index in [9.17, 15) is 20.2 Å². The van der Waals surface area contributed by atoms with Crippen molar-refractivity contribution in [2.45, 2.75) is 53.1 Å². The molecule has 1 unspecified atom stereocenters. The molecule has 0 spiro atoms. The number of nitriles is 1. The van der Waals surface area contributed by atoms with Crippen molar-refractivity contribution in [2.75, 3.05) is 4.90 Å². The molecule has 2 N–H and O–H groups in total. The lowest BCUT2D eigenvalue weighted by Gasteiger charge is -2.44. The first kappa shape index (κ1) is 30.1. The van der Waals surface area contributed by atoms with Crippen LogP contribution in [0.5, 0.6) is 5.75 Å². The number of para-hydroxylation sites is 1. The molecule has 5 rings (SSSR count). The number of anilines is 1. The summed E-state index contributed by atoms with van der Waals surface area (Å²) in [5.74, 6) is -0.122. The highest BCUT2D eigenvalue weighted by molar-refractivity contribution is 6.33. The van der Waals surface area contributed by atoms with Gasteiger partial charge in [0.25, 0.3) is 5.69 Å². The molecule has 0 fully saturated rings. The van der Waals surface area contributed by atoms with Crippen LogP contribution >= 0.6 is 23.2 Å². The molecule has 3 aromatic carbocycles. The monoisotopic (exact) mass is 616 g/mol. The van der Waals surface area contributed by atoms with Crippen molar-refractivity contribution >= 4 is 40.4 Å². The van der Waals surface area contributed by atoms with Crippen molar-refractivity contribution in [3.05, 3.63) is 120 Å². The number of hydrogen-bond donors (Lipinski definition) is 1. The number of hydrogen-bond acceptors (Lipinski definition) is 7. The summed E-state index contributed by atoms with van der Waals surface area (Å²) in [6, 6.07) is 17.6. The Labute approximate surface area is 260 Å². The molecule has 0 amide bonds. The zero-order chi connectivity index (χ0) is 31.2. The van der Waals surface area contributed by atoms with Gasteiger partial charge in [-0.3, -0.25) is 19.8 Å². The summed E-state index contributed by atoms with van der Waals surface area (Å²) >= 11 is 12.9. The van der Waals surface area contributed by atoms with Crippen LogP contribution in [-0.4, -0.2) is 10.7 Å². The van der Waals surface area contributed by atoms with Gasteiger partial charge in [-0.1, -0.05) is 66.9 Å². The number of ketones is 1. The number of nitro groups is 1. The number of aryl methyl sites for hydroxylation is 1. The third-order valence-electron chi connectivity index (χ3n) is 7.99. The first-order valence-electron chi connectivity index (χ1n) is 13.7. The quantitative estimate of drug-likeness (QED) is 0.219. The summed E-state index contributed by atoms with van der Waals surface area (Å²) in [6.45, 7) is 8.13. The molecule has 1 heterocycles. The van der Waals surface area contributed by atoms with E-state index in [1.165, 1.54) is 18.2 Å². The number of carbonyl (C=O) groups excluding carboxylic acids is 1. The Balaban J connectivity index is 1.69. The Morgan fingerprint density at radius 2 is 1.84 bits per heavy atom. The minimum atomic E-state index is -0.712. The summed E-state index contributed by atoms with van der Waals surface area (Å²) in [4.78, 5) is 26.5. The number of allylic oxidation sites excluding steroid dienone is 3. The van der Waals surface area contributed by atoms with Crippen LogP contribution in [0.2, 0.25) is 10.0 Å². The first-order valence-corrected chi connectivity index (χ1v) is 14.5. The van der Waals surface area contributed by atoms with E-state index in [-0.39, 0.29) is 40.9 Å². The maximum absolute atomic E-state index is 14.0. The fourth-order valence-electron chi connectivity index (χ4n) is 6.02. The predicted octanol–water partition coefficient (Wildman–Crippen LogP) is 8.04. The number of nitrogens with zero attached hydrogens (tertiary/aromatic N) is 3. The lowest BCUT2D eigenvalue weighted by Crippen LogP contribution is -2.42. The molecule has 8 nitrogen and oxygen atoms in total. The van der Waals surface area contributed by atoms with Gasteiger partial charge in [-0.15, -0.1) is 0 Å². The largest absolute Gasteiger partial charge is 0.487 e. The van der Waals surface area contributed by atoms with Crippen LogP contribution in [0.15, 0.2) is 77.3 Å². The van der Waals surface area contributed by atoms with Gasteiger partial charge in [-0.25, -0.2) is 0 Å². The van der Waals surface area contributed by atoms with Gasteiger partial charge >= 0.3 is 0 Å². The van der Waals surface area contributed by atoms with Crippen molar-refractivity contribution in [1.82, 2.24) is 0 Å². The maximum atomic E-state index is 14.0. The molecule has 1 aliphatic carbocycles. The van der Waals surface area contributed by atoms with E-state index >= 15 is 0 Å². The van der Waals surface area contributed by atoms with Gasteiger partial charge in [-0.2, -0.15) is 5.26 Å². The third kappa shape index (κ3) is 5.58. The number of nitrogens with two attached hydrogens (primary N) is 1. The Bertz CT molecular complexity index is 1790. The number of Topliss-reactive ketones (excluding diaryl/α,β-unsaturated/α-hetero) is 1. The van der Waals surface area contributed by atoms with Gasteiger partial charge in [0.2, 0.25) is 0 Å². The smallest absolute Gasteiger partial charge is 0.271 e. The SMILES string of the molecule is Cc1cc(COc2ccccc2Cl)c(C)c(C2C(C#N)=C(N)N(c3ccc([N+](=O)[O-])cc3Cl)C3=C2C(=O)CC(C)(C)C3)c1. The molecule has 1 atom stereocenters. The van der Waals surface area contributed by atoms with Gasteiger partial charge in [-0.05, 0) is 60.6 Å². The van der Waals surface area contributed by atoms with Crippen LogP contribution in [0.3, 0.4) is 0 Å². The van der Waals surface area contributed by atoms with Crippen LogP contribution in [0.1, 0.15) is 54.9 Å². The predicted molar refractivity (Wildman–Crippen MR) is 167 cm³/mol. The van der Waals surface area contributed by atoms with Crippen LogP contribution in [0.25, 0.3) is 0 Å². The Hall–Kier alpha value is -4.32. The van der Waals surface area contributed by atoms with Gasteiger partial charge in [0.1, 0.15) is 18.2 Å². The number of carbonyl (C=O) groups is 1. The Morgan fingerprint density at radius 3 is 2.49 bits per heavy atom. The standard InChI is InChI=1S/C33H30Cl2N4O4/c1-18-11-20(17-43-29-8-6-5-7-24(29)34)19(2)22(12-18)30-23(16-36)32(37)38(26-10-9-21(39(41)42)13-25(26)35)27-14-33(3,4)15-28(40)31(27)30/h5-13,30H,14-15,17,37H2,1-4H3. The van der Waals surface area contributed by atoms with Gasteiger partial charge in [0.15, 0.2) is 5.78 Å². The molecular formula is C33H30Cl2N4O4. The minimum absolute atomic E-state index is 0.0845. The van der Waals surface area contributed by atoms with Gasteiger partial charge < -0.3 is 10.5 Å². The molecule has 2 aliphatic rings. The van der Waals surface area contributed by atoms with Crippen molar-refractivity contribution in [3.63, 3.8) is 0 Å². The Kier molecular flexibility index (Phi) is 7.99. The Morgan fingerprint density at radius 1 is 1.12 bits per heavy atom. The number of ether oxygens (including phenoxy) is 1. The molecule has 10 heteroatoms. The van der Waals surface area contributed by atoms with E-state index in [4.69, 9.17) is 33.7 Å². The molecule has 0 radical (unpaired) electrons. The van der Waals surface area contributed by atoms with E-state index in [1.54, 1.807) is 17.0 Å². The summed E-state index contributed by atoms with van der Waals surface area (Å²) in [5.41, 5.74) is 11.4. The molecule has 220 valence electrons. The highest BCUT2D eigenvalue weighted by Crippen LogP contribution is 2.52. The molecule has 0 aromatic heterocycles. The second-order valence-corrected chi connectivity index (χ2v) is 12.5. The molecule has 0 saturated heterocycles.